The highest BCUT2D eigenvalue weighted by atomic mass is 16.2. The minimum absolute atomic E-state index is 0.121. The molecule has 5 nitrogen and oxygen atoms in total. The number of carbonyl (C=O) groups excluding carboxylic acids is 2. The molecule has 0 fully saturated rings. The van der Waals surface area contributed by atoms with Gasteiger partial charge in [-0.15, -0.1) is 0 Å². The van der Waals surface area contributed by atoms with Crippen molar-refractivity contribution in [2.45, 2.75) is 13.0 Å². The summed E-state index contributed by atoms with van der Waals surface area (Å²) in [5.74, 6) is -0.539. The Bertz CT molecular complexity index is 917. The lowest BCUT2D eigenvalue weighted by Crippen LogP contribution is -2.34. The lowest BCUT2D eigenvalue weighted by Gasteiger charge is -2.23. The van der Waals surface area contributed by atoms with Crippen molar-refractivity contribution in [3.8, 4) is 11.3 Å². The van der Waals surface area contributed by atoms with Crippen molar-refractivity contribution < 1.29 is 9.59 Å². The van der Waals surface area contributed by atoms with E-state index in [1.807, 2.05) is 84.4 Å². The molecule has 5 heteroatoms. The molecule has 138 valence electrons. The Balaban J connectivity index is 1.87. The molecule has 0 aliphatic heterocycles. The zero-order valence-electron chi connectivity index (χ0n) is 15.3. The van der Waals surface area contributed by atoms with Crippen molar-refractivity contribution >= 4 is 11.8 Å². The molecule has 0 atom stereocenters. The number of primary amides is 1. The molecular formula is C22H23N3O2. The van der Waals surface area contributed by atoms with Crippen LogP contribution in [0.15, 0.2) is 72.8 Å². The molecule has 0 saturated heterocycles. The van der Waals surface area contributed by atoms with Gasteiger partial charge in [-0.25, -0.2) is 0 Å². The maximum atomic E-state index is 13.2. The van der Waals surface area contributed by atoms with E-state index in [-0.39, 0.29) is 18.9 Å². The molecule has 2 N–H and O–H groups in total. The van der Waals surface area contributed by atoms with Crippen LogP contribution in [-0.4, -0.2) is 27.8 Å². The van der Waals surface area contributed by atoms with Gasteiger partial charge >= 0.3 is 0 Å². The van der Waals surface area contributed by atoms with Crippen molar-refractivity contribution in [1.82, 2.24) is 9.47 Å². The number of amides is 2. The van der Waals surface area contributed by atoms with Crippen LogP contribution in [0.4, 0.5) is 0 Å². The van der Waals surface area contributed by atoms with E-state index in [2.05, 4.69) is 0 Å². The fourth-order valence-corrected chi connectivity index (χ4v) is 3.09. The average Bonchev–Trinajstić information content (AvgIpc) is 3.07. The highest BCUT2D eigenvalue weighted by Crippen LogP contribution is 2.22. The molecule has 0 bridgehead atoms. The third kappa shape index (κ3) is 4.44. The zero-order chi connectivity index (χ0) is 19.2. The first-order valence-electron chi connectivity index (χ1n) is 8.89. The summed E-state index contributed by atoms with van der Waals surface area (Å²) >= 11 is 0. The summed E-state index contributed by atoms with van der Waals surface area (Å²) in [6.45, 7) is 0.716. The van der Waals surface area contributed by atoms with E-state index in [4.69, 9.17) is 5.73 Å². The van der Waals surface area contributed by atoms with Crippen molar-refractivity contribution in [3.63, 3.8) is 0 Å². The Hall–Kier alpha value is -3.34. The molecule has 3 rings (SSSR count). The minimum atomic E-state index is -0.419. The van der Waals surface area contributed by atoms with E-state index in [0.29, 0.717) is 12.2 Å². The van der Waals surface area contributed by atoms with Gasteiger partial charge in [-0.2, -0.15) is 0 Å². The van der Waals surface area contributed by atoms with E-state index in [9.17, 15) is 9.59 Å². The number of benzene rings is 2. The van der Waals surface area contributed by atoms with Gasteiger partial charge in [-0.1, -0.05) is 60.7 Å². The summed E-state index contributed by atoms with van der Waals surface area (Å²) in [7, 11) is 1.88. The number of hydrogen-bond donors (Lipinski definition) is 1. The third-order valence-corrected chi connectivity index (χ3v) is 4.54. The first-order chi connectivity index (χ1) is 13.1. The Morgan fingerprint density at radius 3 is 2.19 bits per heavy atom. The summed E-state index contributed by atoms with van der Waals surface area (Å²) in [6.07, 6.45) is 0.133. The summed E-state index contributed by atoms with van der Waals surface area (Å²) in [4.78, 5) is 26.1. The third-order valence-electron chi connectivity index (χ3n) is 4.54. The number of carbonyl (C=O) groups is 2. The summed E-state index contributed by atoms with van der Waals surface area (Å²) in [5.41, 5.74) is 8.90. The van der Waals surface area contributed by atoms with Crippen LogP contribution in [-0.2, 0) is 18.4 Å². The Morgan fingerprint density at radius 1 is 0.926 bits per heavy atom. The van der Waals surface area contributed by atoms with Crippen molar-refractivity contribution in [2.75, 3.05) is 6.54 Å². The van der Waals surface area contributed by atoms with Gasteiger partial charge in [0, 0.05) is 32.3 Å². The normalized spacial score (nSPS) is 10.6. The molecular weight excluding hydrogens is 338 g/mol. The van der Waals surface area contributed by atoms with E-state index in [0.717, 1.165) is 16.8 Å². The highest BCUT2D eigenvalue weighted by molar-refractivity contribution is 5.94. The topological polar surface area (TPSA) is 68.3 Å². The number of nitrogens with zero attached hydrogens (tertiary/aromatic N) is 2. The van der Waals surface area contributed by atoms with E-state index in [1.54, 1.807) is 4.90 Å². The first-order valence-corrected chi connectivity index (χ1v) is 8.89. The lowest BCUT2D eigenvalue weighted by atomic mass is 10.2. The standard InChI is InChI=1S/C22H23N3O2/c1-24-19(18-10-6-3-7-11-18)12-13-20(24)22(27)25(15-14-21(23)26)16-17-8-4-2-5-9-17/h2-13H,14-16H2,1H3,(H2,23,26). The SMILES string of the molecule is Cn1c(C(=O)N(CCC(N)=O)Cc2ccccc2)ccc1-c1ccccc1. The first kappa shape index (κ1) is 18.5. The fourth-order valence-electron chi connectivity index (χ4n) is 3.09. The maximum absolute atomic E-state index is 13.2. The summed E-state index contributed by atoms with van der Waals surface area (Å²) < 4.78 is 1.89. The summed E-state index contributed by atoms with van der Waals surface area (Å²) in [5, 5.41) is 0. The van der Waals surface area contributed by atoms with Gasteiger partial charge in [-0.05, 0) is 23.3 Å². The predicted octanol–water partition coefficient (Wildman–Crippen LogP) is 3.21. The van der Waals surface area contributed by atoms with Crippen molar-refractivity contribution in [3.05, 3.63) is 84.1 Å². The second-order valence-electron chi connectivity index (χ2n) is 6.46. The molecule has 1 aromatic heterocycles. The maximum Gasteiger partial charge on any atom is 0.270 e. The van der Waals surface area contributed by atoms with Crippen molar-refractivity contribution in [1.29, 1.82) is 0 Å². The van der Waals surface area contributed by atoms with Gasteiger partial charge in [0.2, 0.25) is 5.91 Å². The Kier molecular flexibility index (Phi) is 5.71. The molecule has 0 spiro atoms. The second-order valence-corrected chi connectivity index (χ2v) is 6.46. The number of nitrogens with two attached hydrogens (primary N) is 1. The smallest absolute Gasteiger partial charge is 0.270 e. The number of rotatable bonds is 7. The Labute approximate surface area is 159 Å². The van der Waals surface area contributed by atoms with Gasteiger partial charge in [0.25, 0.3) is 5.91 Å². The van der Waals surface area contributed by atoms with Crippen LogP contribution in [0.2, 0.25) is 0 Å². The quantitative estimate of drug-likeness (QED) is 0.702. The molecule has 27 heavy (non-hydrogen) atoms. The number of aromatic nitrogens is 1. The number of hydrogen-bond acceptors (Lipinski definition) is 2. The van der Waals surface area contributed by atoms with Crippen LogP contribution in [0.1, 0.15) is 22.5 Å². The molecule has 2 aromatic carbocycles. The molecule has 3 aromatic rings. The predicted molar refractivity (Wildman–Crippen MR) is 106 cm³/mol. The molecule has 1 heterocycles. The highest BCUT2D eigenvalue weighted by Gasteiger charge is 2.21. The molecule has 0 radical (unpaired) electrons. The molecule has 0 aliphatic carbocycles. The van der Waals surface area contributed by atoms with Gasteiger partial charge in [0.1, 0.15) is 5.69 Å². The lowest BCUT2D eigenvalue weighted by molar-refractivity contribution is -0.118. The average molecular weight is 361 g/mol. The van der Waals surface area contributed by atoms with Crippen LogP contribution in [0.5, 0.6) is 0 Å². The van der Waals surface area contributed by atoms with E-state index < -0.39 is 5.91 Å². The van der Waals surface area contributed by atoms with Gasteiger partial charge in [0.05, 0.1) is 0 Å². The summed E-state index contributed by atoms with van der Waals surface area (Å²) in [6, 6.07) is 23.4. The molecule has 0 unspecified atom stereocenters. The van der Waals surface area contributed by atoms with Gasteiger partial charge in [0.15, 0.2) is 0 Å². The second kappa shape index (κ2) is 8.36. The fraction of sp³-hybridized carbons (Fsp3) is 0.182. The van der Waals surface area contributed by atoms with Gasteiger partial charge in [-0.3, -0.25) is 9.59 Å². The molecule has 0 aliphatic rings. The van der Waals surface area contributed by atoms with Crippen LogP contribution in [0, 0.1) is 0 Å². The van der Waals surface area contributed by atoms with Crippen molar-refractivity contribution in [2.24, 2.45) is 12.8 Å². The van der Waals surface area contributed by atoms with Gasteiger partial charge < -0.3 is 15.2 Å². The van der Waals surface area contributed by atoms with Crippen LogP contribution < -0.4 is 5.73 Å². The van der Waals surface area contributed by atoms with Crippen LogP contribution in [0.3, 0.4) is 0 Å². The monoisotopic (exact) mass is 361 g/mol. The largest absolute Gasteiger partial charge is 0.370 e. The zero-order valence-corrected chi connectivity index (χ0v) is 15.3. The van der Waals surface area contributed by atoms with E-state index >= 15 is 0 Å². The minimum Gasteiger partial charge on any atom is -0.370 e. The van der Waals surface area contributed by atoms with Crippen LogP contribution >= 0.6 is 0 Å². The molecule has 2 amide bonds. The Morgan fingerprint density at radius 2 is 1.56 bits per heavy atom. The van der Waals surface area contributed by atoms with Crippen LogP contribution in [0.25, 0.3) is 11.3 Å². The molecule has 0 saturated carbocycles. The van der Waals surface area contributed by atoms with E-state index in [1.165, 1.54) is 0 Å².